The molecule has 0 radical (unpaired) electrons. The van der Waals surface area contributed by atoms with E-state index < -0.39 is 6.04 Å². The number of carbonyl (C=O) groups is 2. The van der Waals surface area contributed by atoms with Crippen LogP contribution in [-0.4, -0.2) is 31.0 Å². The lowest BCUT2D eigenvalue weighted by Crippen LogP contribution is -2.31. The third kappa shape index (κ3) is 4.39. The Labute approximate surface area is 159 Å². The zero-order chi connectivity index (χ0) is 19.4. The molecule has 142 valence electrons. The Morgan fingerprint density at radius 3 is 2.52 bits per heavy atom. The summed E-state index contributed by atoms with van der Waals surface area (Å²) in [6, 6.07) is 12.8. The van der Waals surface area contributed by atoms with Gasteiger partial charge in [0.05, 0.1) is 6.61 Å². The minimum Gasteiger partial charge on any atom is -0.494 e. The van der Waals surface area contributed by atoms with E-state index in [4.69, 9.17) is 4.74 Å². The molecular formula is C21H25N3O3. The minimum atomic E-state index is -0.403. The van der Waals surface area contributed by atoms with E-state index in [9.17, 15) is 9.59 Å². The molecule has 1 atom stereocenters. The Morgan fingerprint density at radius 1 is 1.15 bits per heavy atom. The Bertz CT molecular complexity index is 833. The Kier molecular flexibility index (Phi) is 5.64. The summed E-state index contributed by atoms with van der Waals surface area (Å²) in [6.07, 6.45) is 0.831. The number of nitrogens with zero attached hydrogens (tertiary/aromatic N) is 1. The molecule has 0 saturated carbocycles. The summed E-state index contributed by atoms with van der Waals surface area (Å²) in [5.74, 6) is 0.710. The first-order chi connectivity index (χ1) is 13.0. The highest BCUT2D eigenvalue weighted by molar-refractivity contribution is 5.97. The fraction of sp³-hybridized carbons (Fsp3) is 0.333. The Morgan fingerprint density at radius 2 is 1.85 bits per heavy atom. The van der Waals surface area contributed by atoms with Crippen LogP contribution in [0.2, 0.25) is 0 Å². The normalized spacial score (nSPS) is 13.7. The standard InChI is InChI=1S/C21H25N3O3/c1-4-27-19-8-5-17(6-9-19)23-21(26)14(2)22-18-7-10-20-16(13-18)11-12-24(20)15(3)25/h5-10,13-14,22H,4,11-12H2,1-3H3,(H,23,26)/t14-/m1/s1. The average Bonchev–Trinajstić information content (AvgIpc) is 3.07. The lowest BCUT2D eigenvalue weighted by molar-refractivity contribution is -0.117. The number of fused-ring (bicyclic) bond motifs is 1. The lowest BCUT2D eigenvalue weighted by atomic mass is 10.1. The van der Waals surface area contributed by atoms with Crippen molar-refractivity contribution in [2.75, 3.05) is 28.7 Å². The summed E-state index contributed by atoms with van der Waals surface area (Å²) in [7, 11) is 0. The maximum Gasteiger partial charge on any atom is 0.246 e. The molecule has 0 aliphatic carbocycles. The molecule has 2 amide bonds. The fourth-order valence-corrected chi connectivity index (χ4v) is 3.19. The molecule has 0 saturated heterocycles. The number of rotatable bonds is 6. The van der Waals surface area contributed by atoms with Crippen molar-refractivity contribution in [1.82, 2.24) is 0 Å². The SMILES string of the molecule is CCOc1ccc(NC(=O)[C@@H](C)Nc2ccc3c(c2)CCN3C(C)=O)cc1. The van der Waals surface area contributed by atoms with E-state index in [1.54, 1.807) is 11.8 Å². The molecule has 2 aromatic rings. The molecule has 2 aromatic carbocycles. The van der Waals surface area contributed by atoms with Gasteiger partial charge in [-0.25, -0.2) is 0 Å². The van der Waals surface area contributed by atoms with Gasteiger partial charge < -0.3 is 20.3 Å². The monoisotopic (exact) mass is 367 g/mol. The molecule has 0 bridgehead atoms. The van der Waals surface area contributed by atoms with Gasteiger partial charge in [-0.15, -0.1) is 0 Å². The van der Waals surface area contributed by atoms with Crippen molar-refractivity contribution in [3.63, 3.8) is 0 Å². The molecule has 0 unspecified atom stereocenters. The third-order valence-corrected chi connectivity index (χ3v) is 4.56. The van der Waals surface area contributed by atoms with E-state index in [2.05, 4.69) is 10.6 Å². The average molecular weight is 367 g/mol. The van der Waals surface area contributed by atoms with Gasteiger partial charge in [0.2, 0.25) is 11.8 Å². The molecule has 2 N–H and O–H groups in total. The van der Waals surface area contributed by atoms with Crippen molar-refractivity contribution >= 4 is 28.9 Å². The van der Waals surface area contributed by atoms with Crippen LogP contribution in [0.15, 0.2) is 42.5 Å². The molecule has 0 spiro atoms. The summed E-state index contributed by atoms with van der Waals surface area (Å²) < 4.78 is 5.40. The Hall–Kier alpha value is -3.02. The number of carbonyl (C=O) groups excluding carboxylic acids is 2. The largest absolute Gasteiger partial charge is 0.494 e. The number of ether oxygens (including phenoxy) is 1. The predicted octanol–water partition coefficient (Wildman–Crippen LogP) is 3.43. The number of hydrogen-bond donors (Lipinski definition) is 2. The summed E-state index contributed by atoms with van der Waals surface area (Å²) >= 11 is 0. The van der Waals surface area contributed by atoms with Crippen LogP contribution in [0.4, 0.5) is 17.1 Å². The number of amides is 2. The highest BCUT2D eigenvalue weighted by atomic mass is 16.5. The molecule has 6 nitrogen and oxygen atoms in total. The lowest BCUT2D eigenvalue weighted by Gasteiger charge is -2.18. The van der Waals surface area contributed by atoms with Crippen molar-refractivity contribution in [3.8, 4) is 5.75 Å². The molecule has 0 fully saturated rings. The van der Waals surface area contributed by atoms with E-state index in [1.165, 1.54) is 0 Å². The second kappa shape index (κ2) is 8.12. The van der Waals surface area contributed by atoms with Gasteiger partial charge in [-0.1, -0.05) is 0 Å². The maximum atomic E-state index is 12.4. The van der Waals surface area contributed by atoms with Crippen LogP contribution < -0.4 is 20.3 Å². The van der Waals surface area contributed by atoms with Gasteiger partial charge in [0.25, 0.3) is 0 Å². The van der Waals surface area contributed by atoms with Crippen LogP contribution in [0.25, 0.3) is 0 Å². The highest BCUT2D eigenvalue weighted by Gasteiger charge is 2.22. The molecule has 3 rings (SSSR count). The molecule has 1 aliphatic rings. The zero-order valence-electron chi connectivity index (χ0n) is 15.9. The number of anilines is 3. The quantitative estimate of drug-likeness (QED) is 0.821. The van der Waals surface area contributed by atoms with Crippen molar-refractivity contribution in [3.05, 3.63) is 48.0 Å². The van der Waals surface area contributed by atoms with Crippen LogP contribution in [-0.2, 0) is 16.0 Å². The first kappa shape index (κ1) is 18.8. The first-order valence-corrected chi connectivity index (χ1v) is 9.19. The van der Waals surface area contributed by atoms with E-state index >= 15 is 0 Å². The molecule has 6 heteroatoms. The van der Waals surface area contributed by atoms with Gasteiger partial charge in [0.15, 0.2) is 0 Å². The van der Waals surface area contributed by atoms with Gasteiger partial charge in [0, 0.05) is 30.5 Å². The molecule has 27 heavy (non-hydrogen) atoms. The van der Waals surface area contributed by atoms with Crippen LogP contribution in [0.5, 0.6) is 5.75 Å². The molecule has 1 aliphatic heterocycles. The van der Waals surface area contributed by atoms with E-state index in [1.807, 2.05) is 56.3 Å². The second-order valence-electron chi connectivity index (χ2n) is 6.58. The van der Waals surface area contributed by atoms with Gasteiger partial charge in [-0.2, -0.15) is 0 Å². The van der Waals surface area contributed by atoms with Gasteiger partial charge in [0.1, 0.15) is 11.8 Å². The topological polar surface area (TPSA) is 70.7 Å². The predicted molar refractivity (Wildman–Crippen MR) is 107 cm³/mol. The first-order valence-electron chi connectivity index (χ1n) is 9.19. The smallest absolute Gasteiger partial charge is 0.246 e. The highest BCUT2D eigenvalue weighted by Crippen LogP contribution is 2.30. The van der Waals surface area contributed by atoms with Crippen LogP contribution in [0.1, 0.15) is 26.3 Å². The molecule has 1 heterocycles. The van der Waals surface area contributed by atoms with E-state index in [-0.39, 0.29) is 11.8 Å². The maximum absolute atomic E-state index is 12.4. The van der Waals surface area contributed by atoms with Crippen molar-refractivity contribution in [1.29, 1.82) is 0 Å². The number of benzene rings is 2. The summed E-state index contributed by atoms with van der Waals surface area (Å²) in [5.41, 5.74) is 3.67. The van der Waals surface area contributed by atoms with Crippen molar-refractivity contribution in [2.45, 2.75) is 33.2 Å². The Balaban J connectivity index is 1.61. The fourth-order valence-electron chi connectivity index (χ4n) is 3.19. The number of nitrogens with one attached hydrogen (secondary N) is 2. The summed E-state index contributed by atoms with van der Waals surface area (Å²) in [5, 5.41) is 6.12. The molecular weight excluding hydrogens is 342 g/mol. The van der Waals surface area contributed by atoms with E-state index in [0.29, 0.717) is 13.2 Å². The van der Waals surface area contributed by atoms with Gasteiger partial charge in [-0.05, 0) is 68.3 Å². The van der Waals surface area contributed by atoms with Crippen LogP contribution in [0, 0.1) is 0 Å². The van der Waals surface area contributed by atoms with Crippen molar-refractivity contribution in [2.24, 2.45) is 0 Å². The second-order valence-corrected chi connectivity index (χ2v) is 6.58. The van der Waals surface area contributed by atoms with Gasteiger partial charge in [-0.3, -0.25) is 9.59 Å². The van der Waals surface area contributed by atoms with Crippen molar-refractivity contribution < 1.29 is 14.3 Å². The zero-order valence-corrected chi connectivity index (χ0v) is 15.9. The third-order valence-electron chi connectivity index (χ3n) is 4.56. The minimum absolute atomic E-state index is 0.0533. The van der Waals surface area contributed by atoms with Crippen LogP contribution in [0.3, 0.4) is 0 Å². The van der Waals surface area contributed by atoms with E-state index in [0.717, 1.165) is 34.8 Å². The summed E-state index contributed by atoms with van der Waals surface area (Å²) in [4.78, 5) is 25.9. The van der Waals surface area contributed by atoms with Crippen LogP contribution >= 0.6 is 0 Å². The number of hydrogen-bond acceptors (Lipinski definition) is 4. The summed E-state index contributed by atoms with van der Waals surface area (Å²) in [6.45, 7) is 6.65. The van der Waals surface area contributed by atoms with Gasteiger partial charge >= 0.3 is 0 Å². The molecule has 0 aromatic heterocycles.